The van der Waals surface area contributed by atoms with E-state index in [1.165, 1.54) is 43.8 Å². The maximum atomic E-state index is 12.3. The van der Waals surface area contributed by atoms with Gasteiger partial charge in [0, 0.05) is 11.6 Å². The van der Waals surface area contributed by atoms with Gasteiger partial charge < -0.3 is 14.2 Å². The second kappa shape index (κ2) is 8.41. The van der Waals surface area contributed by atoms with Gasteiger partial charge in [0.05, 0.1) is 37.6 Å². The number of pyridine rings is 1. The van der Waals surface area contributed by atoms with Gasteiger partial charge in [-0.05, 0) is 30.3 Å². The van der Waals surface area contributed by atoms with Crippen LogP contribution < -0.4 is 9.47 Å². The van der Waals surface area contributed by atoms with Crippen molar-refractivity contribution in [3.63, 3.8) is 0 Å². The van der Waals surface area contributed by atoms with E-state index >= 15 is 0 Å². The van der Waals surface area contributed by atoms with Crippen molar-refractivity contribution in [2.24, 2.45) is 0 Å². The lowest BCUT2D eigenvalue weighted by Crippen LogP contribution is -2.12. The van der Waals surface area contributed by atoms with Crippen molar-refractivity contribution in [2.45, 2.75) is 6.42 Å². The van der Waals surface area contributed by atoms with Crippen molar-refractivity contribution >= 4 is 23.3 Å². The molecule has 3 rings (SSSR count). The van der Waals surface area contributed by atoms with Crippen molar-refractivity contribution < 1.29 is 23.8 Å². The lowest BCUT2D eigenvalue weighted by atomic mass is 10.2. The molecule has 0 atom stereocenters. The molecule has 0 N–H and O–H groups in total. The highest BCUT2D eigenvalue weighted by Crippen LogP contribution is 2.29. The zero-order valence-corrected chi connectivity index (χ0v) is 15.5. The van der Waals surface area contributed by atoms with Gasteiger partial charge in [-0.2, -0.15) is 0 Å². The van der Waals surface area contributed by atoms with Crippen LogP contribution in [0.5, 0.6) is 11.5 Å². The minimum absolute atomic E-state index is 0.00520. The first-order chi connectivity index (χ1) is 13.1. The highest BCUT2D eigenvalue weighted by atomic mass is 32.1. The van der Waals surface area contributed by atoms with Crippen LogP contribution in [-0.2, 0) is 16.0 Å². The molecule has 0 bridgehead atoms. The SMILES string of the molecule is COC(=O)c1ccc(OC(=O)Cc2csc(-c3ccccn3)n2)c(OC)c1. The third-order valence-corrected chi connectivity index (χ3v) is 4.48. The number of carbonyl (C=O) groups is 2. The normalized spacial score (nSPS) is 10.3. The van der Waals surface area contributed by atoms with Crippen LogP contribution in [0.1, 0.15) is 16.1 Å². The predicted molar refractivity (Wildman–Crippen MR) is 99.0 cm³/mol. The number of rotatable bonds is 6. The third kappa shape index (κ3) is 4.48. The third-order valence-electron chi connectivity index (χ3n) is 3.57. The lowest BCUT2D eigenvalue weighted by Gasteiger charge is -2.10. The van der Waals surface area contributed by atoms with Crippen molar-refractivity contribution in [3.05, 3.63) is 59.2 Å². The average molecular weight is 384 g/mol. The Labute approximate surface area is 159 Å². The fourth-order valence-electron chi connectivity index (χ4n) is 2.30. The Balaban J connectivity index is 1.69. The zero-order valence-electron chi connectivity index (χ0n) is 14.7. The van der Waals surface area contributed by atoms with E-state index in [1.54, 1.807) is 11.6 Å². The van der Waals surface area contributed by atoms with Crippen LogP contribution in [-0.4, -0.2) is 36.1 Å². The van der Waals surface area contributed by atoms with Crippen molar-refractivity contribution in [3.8, 4) is 22.2 Å². The minimum Gasteiger partial charge on any atom is -0.493 e. The Morgan fingerprint density at radius 3 is 2.67 bits per heavy atom. The summed E-state index contributed by atoms with van der Waals surface area (Å²) in [6.07, 6.45) is 1.69. The highest BCUT2D eigenvalue weighted by molar-refractivity contribution is 7.13. The van der Waals surface area contributed by atoms with E-state index in [0.717, 1.165) is 10.7 Å². The van der Waals surface area contributed by atoms with Crippen LogP contribution in [0.3, 0.4) is 0 Å². The largest absolute Gasteiger partial charge is 0.493 e. The lowest BCUT2D eigenvalue weighted by molar-refractivity contribution is -0.133. The number of thiazole rings is 1. The van der Waals surface area contributed by atoms with Gasteiger partial charge in [0.15, 0.2) is 11.5 Å². The van der Waals surface area contributed by atoms with Gasteiger partial charge in [0.25, 0.3) is 0 Å². The van der Waals surface area contributed by atoms with Gasteiger partial charge in [0.1, 0.15) is 5.01 Å². The molecule has 0 unspecified atom stereocenters. The monoisotopic (exact) mass is 384 g/mol. The molecule has 2 aromatic heterocycles. The van der Waals surface area contributed by atoms with Crippen molar-refractivity contribution in [2.75, 3.05) is 14.2 Å². The van der Waals surface area contributed by atoms with Crippen LogP contribution in [0.2, 0.25) is 0 Å². The van der Waals surface area contributed by atoms with E-state index in [0.29, 0.717) is 11.3 Å². The number of methoxy groups -OCH3 is 2. The van der Waals surface area contributed by atoms with E-state index in [2.05, 4.69) is 14.7 Å². The van der Waals surface area contributed by atoms with E-state index in [9.17, 15) is 9.59 Å². The fraction of sp³-hybridized carbons (Fsp3) is 0.158. The summed E-state index contributed by atoms with van der Waals surface area (Å²) in [5, 5.41) is 2.53. The molecule has 0 aliphatic carbocycles. The summed E-state index contributed by atoms with van der Waals surface area (Å²) >= 11 is 1.41. The topological polar surface area (TPSA) is 87.6 Å². The van der Waals surface area contributed by atoms with Crippen molar-refractivity contribution in [1.29, 1.82) is 0 Å². The van der Waals surface area contributed by atoms with Gasteiger partial charge in [-0.15, -0.1) is 11.3 Å². The molecule has 0 aliphatic heterocycles. The Bertz CT molecular complexity index is 956. The minimum atomic E-state index is -0.504. The van der Waals surface area contributed by atoms with E-state index in [4.69, 9.17) is 9.47 Å². The summed E-state index contributed by atoms with van der Waals surface area (Å²) in [5.41, 5.74) is 1.65. The molecule has 8 heteroatoms. The average Bonchev–Trinajstić information content (AvgIpc) is 3.16. The molecular weight excluding hydrogens is 368 g/mol. The maximum absolute atomic E-state index is 12.3. The van der Waals surface area contributed by atoms with Crippen LogP contribution in [0.25, 0.3) is 10.7 Å². The summed E-state index contributed by atoms with van der Waals surface area (Å²) in [5.74, 6) is -0.512. The molecule has 0 spiro atoms. The number of carbonyl (C=O) groups excluding carboxylic acids is 2. The van der Waals surface area contributed by atoms with Crippen molar-refractivity contribution in [1.82, 2.24) is 9.97 Å². The number of aromatic nitrogens is 2. The van der Waals surface area contributed by atoms with Gasteiger partial charge in [-0.1, -0.05) is 6.07 Å². The molecule has 0 fully saturated rings. The molecule has 3 aromatic rings. The second-order valence-electron chi connectivity index (χ2n) is 5.37. The number of hydrogen-bond acceptors (Lipinski definition) is 8. The summed E-state index contributed by atoms with van der Waals surface area (Å²) in [6.45, 7) is 0. The van der Waals surface area contributed by atoms with Crippen LogP contribution in [0, 0.1) is 0 Å². The summed E-state index contributed by atoms with van der Waals surface area (Å²) in [7, 11) is 2.71. The standard InChI is InChI=1S/C19H16N2O5S/c1-24-16-9-12(19(23)25-2)6-7-15(16)26-17(22)10-13-11-27-18(21-13)14-5-3-4-8-20-14/h3-9,11H,10H2,1-2H3. The van der Waals surface area contributed by atoms with Gasteiger partial charge in [0.2, 0.25) is 0 Å². The first kappa shape index (κ1) is 18.5. The van der Waals surface area contributed by atoms with Crippen LogP contribution >= 0.6 is 11.3 Å². The number of ether oxygens (including phenoxy) is 3. The molecule has 1 aromatic carbocycles. The van der Waals surface area contributed by atoms with Gasteiger partial charge in [-0.25, -0.2) is 9.78 Å². The first-order valence-electron chi connectivity index (χ1n) is 7.93. The molecule has 0 saturated heterocycles. The fourth-order valence-corrected chi connectivity index (χ4v) is 3.09. The van der Waals surface area contributed by atoms with E-state index in [1.807, 2.05) is 18.2 Å². The quantitative estimate of drug-likeness (QED) is 0.476. The molecule has 0 aliphatic rings. The van der Waals surface area contributed by atoms with E-state index < -0.39 is 11.9 Å². The second-order valence-corrected chi connectivity index (χ2v) is 6.23. The molecule has 0 saturated carbocycles. The number of nitrogens with zero attached hydrogens (tertiary/aromatic N) is 2. The Morgan fingerprint density at radius 2 is 1.96 bits per heavy atom. The first-order valence-corrected chi connectivity index (χ1v) is 8.81. The number of hydrogen-bond donors (Lipinski definition) is 0. The molecule has 7 nitrogen and oxygen atoms in total. The summed E-state index contributed by atoms with van der Waals surface area (Å²) in [6, 6.07) is 10.0. The Hall–Kier alpha value is -3.26. The Kier molecular flexibility index (Phi) is 5.77. The summed E-state index contributed by atoms with van der Waals surface area (Å²) < 4.78 is 15.2. The Morgan fingerprint density at radius 1 is 1.11 bits per heavy atom. The van der Waals surface area contributed by atoms with Crippen LogP contribution in [0.15, 0.2) is 48.0 Å². The predicted octanol–water partition coefficient (Wildman–Crippen LogP) is 3.15. The molecule has 138 valence electrons. The van der Waals surface area contributed by atoms with Gasteiger partial charge >= 0.3 is 11.9 Å². The van der Waals surface area contributed by atoms with E-state index in [-0.39, 0.29) is 17.9 Å². The number of esters is 2. The maximum Gasteiger partial charge on any atom is 0.337 e. The highest BCUT2D eigenvalue weighted by Gasteiger charge is 2.16. The molecule has 0 radical (unpaired) electrons. The summed E-state index contributed by atoms with van der Waals surface area (Å²) in [4.78, 5) is 32.5. The zero-order chi connectivity index (χ0) is 19.2. The molecule has 2 heterocycles. The number of benzene rings is 1. The smallest absolute Gasteiger partial charge is 0.337 e. The van der Waals surface area contributed by atoms with Crippen LogP contribution in [0.4, 0.5) is 0 Å². The van der Waals surface area contributed by atoms with Gasteiger partial charge in [-0.3, -0.25) is 9.78 Å². The molecule has 27 heavy (non-hydrogen) atoms. The molecule has 0 amide bonds. The molecular formula is C19H16N2O5S.